The van der Waals surface area contributed by atoms with Crippen LogP contribution >= 0.6 is 0 Å². The van der Waals surface area contributed by atoms with Crippen molar-refractivity contribution >= 4 is 5.95 Å². The maximum Gasteiger partial charge on any atom is 0.239 e. The number of hydrogen-bond acceptors (Lipinski definition) is 4. The molecule has 2 aromatic rings. The predicted octanol–water partition coefficient (Wildman–Crippen LogP) is 1.61. The molecule has 96 valence electrons. The fourth-order valence-corrected chi connectivity index (χ4v) is 2.56. The second kappa shape index (κ2) is 4.80. The Kier molecular flexibility index (Phi) is 3.00. The van der Waals surface area contributed by atoms with E-state index in [9.17, 15) is 0 Å². The smallest absolute Gasteiger partial charge is 0.239 e. The van der Waals surface area contributed by atoms with E-state index in [4.69, 9.17) is 5.73 Å². The van der Waals surface area contributed by atoms with Crippen LogP contribution in [0.2, 0.25) is 0 Å². The molecule has 2 aromatic heterocycles. The number of hydrogen-bond donors (Lipinski definition) is 1. The summed E-state index contributed by atoms with van der Waals surface area (Å²) in [4.78, 5) is 3.90. The quantitative estimate of drug-likeness (QED) is 0.892. The largest absolute Gasteiger partial charge is 0.367 e. The van der Waals surface area contributed by atoms with Crippen molar-refractivity contribution in [3.05, 3.63) is 24.3 Å². The minimum atomic E-state index is 0.307. The van der Waals surface area contributed by atoms with E-state index in [0.717, 1.165) is 5.69 Å². The van der Waals surface area contributed by atoms with Gasteiger partial charge in [0.25, 0.3) is 0 Å². The average molecular weight is 246 g/mol. The maximum absolute atomic E-state index is 5.49. The molecule has 0 saturated heterocycles. The van der Waals surface area contributed by atoms with Gasteiger partial charge in [-0.2, -0.15) is 5.10 Å². The van der Waals surface area contributed by atoms with E-state index in [2.05, 4.69) is 26.1 Å². The van der Waals surface area contributed by atoms with Gasteiger partial charge in [-0.25, -0.2) is 9.67 Å². The molecule has 1 aliphatic rings. The van der Waals surface area contributed by atoms with Crippen molar-refractivity contribution in [2.24, 2.45) is 0 Å². The highest BCUT2D eigenvalue weighted by Crippen LogP contribution is 2.27. The molecular weight excluding hydrogens is 228 g/mol. The van der Waals surface area contributed by atoms with Crippen molar-refractivity contribution in [2.75, 3.05) is 5.73 Å². The molecule has 2 N–H and O–H groups in total. The van der Waals surface area contributed by atoms with Gasteiger partial charge in [0, 0.05) is 6.20 Å². The molecule has 0 bridgehead atoms. The number of rotatable bonds is 3. The van der Waals surface area contributed by atoms with Crippen LogP contribution in [-0.2, 0) is 6.54 Å². The molecule has 0 atom stereocenters. The van der Waals surface area contributed by atoms with Crippen LogP contribution in [0, 0.1) is 0 Å². The van der Waals surface area contributed by atoms with E-state index in [1.54, 1.807) is 11.0 Å². The molecule has 18 heavy (non-hydrogen) atoms. The molecule has 0 spiro atoms. The second-order valence-corrected chi connectivity index (χ2v) is 4.88. The lowest BCUT2D eigenvalue weighted by Crippen LogP contribution is -2.13. The Hall–Kier alpha value is -1.85. The van der Waals surface area contributed by atoms with E-state index in [-0.39, 0.29) is 0 Å². The van der Waals surface area contributed by atoms with Gasteiger partial charge < -0.3 is 5.73 Å². The van der Waals surface area contributed by atoms with Gasteiger partial charge in [0.2, 0.25) is 5.95 Å². The first-order chi connectivity index (χ1) is 8.81. The zero-order valence-corrected chi connectivity index (χ0v) is 10.4. The summed E-state index contributed by atoms with van der Waals surface area (Å²) in [5, 5.41) is 8.69. The molecule has 1 fully saturated rings. The van der Waals surface area contributed by atoms with Gasteiger partial charge in [0.1, 0.15) is 6.33 Å². The number of nitrogens with zero attached hydrogens (tertiary/aromatic N) is 5. The molecule has 6 nitrogen and oxygen atoms in total. The van der Waals surface area contributed by atoms with E-state index in [1.165, 1.54) is 32.1 Å². The van der Waals surface area contributed by atoms with Crippen molar-refractivity contribution in [1.82, 2.24) is 24.5 Å². The number of anilines is 1. The van der Waals surface area contributed by atoms with Crippen molar-refractivity contribution in [1.29, 1.82) is 0 Å². The van der Waals surface area contributed by atoms with Crippen LogP contribution in [0.5, 0.6) is 0 Å². The van der Waals surface area contributed by atoms with Crippen LogP contribution in [0.4, 0.5) is 5.95 Å². The number of aromatic nitrogens is 5. The predicted molar refractivity (Wildman–Crippen MR) is 67.9 cm³/mol. The highest BCUT2D eigenvalue weighted by atomic mass is 15.4. The molecule has 0 amide bonds. The molecular formula is C12H18N6. The first-order valence-electron chi connectivity index (χ1n) is 6.50. The van der Waals surface area contributed by atoms with Gasteiger partial charge in [-0.15, -0.1) is 5.10 Å². The summed E-state index contributed by atoms with van der Waals surface area (Å²) in [5.74, 6) is 0.307. The summed E-state index contributed by atoms with van der Waals surface area (Å²) < 4.78 is 3.82. The first-order valence-corrected chi connectivity index (χ1v) is 6.50. The Morgan fingerprint density at radius 2 is 2.06 bits per heavy atom. The molecule has 2 heterocycles. The highest BCUT2D eigenvalue weighted by molar-refractivity contribution is 5.10. The fourth-order valence-electron chi connectivity index (χ4n) is 2.56. The zero-order valence-electron chi connectivity index (χ0n) is 10.4. The third-order valence-corrected chi connectivity index (χ3v) is 3.49. The maximum atomic E-state index is 5.49. The Labute approximate surface area is 106 Å². The summed E-state index contributed by atoms with van der Waals surface area (Å²) in [7, 11) is 0. The Morgan fingerprint density at radius 3 is 2.78 bits per heavy atom. The van der Waals surface area contributed by atoms with Crippen molar-refractivity contribution < 1.29 is 0 Å². The number of nitrogens with two attached hydrogens (primary N) is 1. The molecule has 0 unspecified atom stereocenters. The van der Waals surface area contributed by atoms with Crippen LogP contribution in [-0.4, -0.2) is 24.5 Å². The lowest BCUT2D eigenvalue weighted by atomic mass is 9.96. The average Bonchev–Trinajstić information content (AvgIpc) is 3.01. The third kappa shape index (κ3) is 2.37. The summed E-state index contributed by atoms with van der Waals surface area (Å²) >= 11 is 0. The van der Waals surface area contributed by atoms with E-state index >= 15 is 0 Å². The summed E-state index contributed by atoms with van der Waals surface area (Å²) in [6.45, 7) is 0.629. The fraction of sp³-hybridized carbons (Fsp3) is 0.583. The minimum Gasteiger partial charge on any atom is -0.367 e. The van der Waals surface area contributed by atoms with Crippen molar-refractivity contribution in [3.8, 4) is 0 Å². The third-order valence-electron chi connectivity index (χ3n) is 3.49. The first kappa shape index (κ1) is 11.3. The van der Waals surface area contributed by atoms with Crippen molar-refractivity contribution in [2.45, 2.75) is 44.7 Å². The van der Waals surface area contributed by atoms with Crippen LogP contribution < -0.4 is 5.73 Å². The SMILES string of the molecule is Nc1ncn(Cc2ccn(C3CCCCC3)n2)n1. The summed E-state index contributed by atoms with van der Waals surface area (Å²) in [6.07, 6.45) is 10.2. The van der Waals surface area contributed by atoms with E-state index in [1.807, 2.05) is 6.07 Å². The van der Waals surface area contributed by atoms with Gasteiger partial charge in [-0.3, -0.25) is 4.68 Å². The van der Waals surface area contributed by atoms with Crippen molar-refractivity contribution in [3.63, 3.8) is 0 Å². The van der Waals surface area contributed by atoms with Gasteiger partial charge >= 0.3 is 0 Å². The lowest BCUT2D eigenvalue weighted by molar-refractivity contribution is 0.327. The van der Waals surface area contributed by atoms with Crippen LogP contribution in [0.25, 0.3) is 0 Å². The van der Waals surface area contributed by atoms with E-state index in [0.29, 0.717) is 18.5 Å². The number of nitrogen functional groups attached to an aromatic ring is 1. The van der Waals surface area contributed by atoms with Crippen LogP contribution in [0.1, 0.15) is 43.8 Å². The standard InChI is InChI=1S/C12H18N6/c13-12-14-9-17(16-12)8-10-6-7-18(15-10)11-4-2-1-3-5-11/h6-7,9,11H,1-5,8H2,(H2,13,16). The molecule has 0 aliphatic heterocycles. The zero-order chi connectivity index (χ0) is 12.4. The summed E-state index contributed by atoms with van der Waals surface area (Å²) in [6, 6.07) is 2.63. The molecule has 1 aliphatic carbocycles. The molecule has 0 radical (unpaired) electrons. The Balaban J connectivity index is 1.69. The second-order valence-electron chi connectivity index (χ2n) is 4.88. The van der Waals surface area contributed by atoms with Crippen LogP contribution in [0.15, 0.2) is 18.6 Å². The monoisotopic (exact) mass is 246 g/mol. The molecule has 6 heteroatoms. The Morgan fingerprint density at radius 1 is 1.22 bits per heavy atom. The molecule has 3 rings (SSSR count). The van der Waals surface area contributed by atoms with Gasteiger partial charge in [0.15, 0.2) is 0 Å². The molecule has 0 aromatic carbocycles. The van der Waals surface area contributed by atoms with Gasteiger partial charge in [0.05, 0.1) is 18.3 Å². The lowest BCUT2D eigenvalue weighted by Gasteiger charge is -2.21. The summed E-state index contributed by atoms with van der Waals surface area (Å²) in [5.41, 5.74) is 6.49. The van der Waals surface area contributed by atoms with Gasteiger partial charge in [-0.05, 0) is 18.9 Å². The van der Waals surface area contributed by atoms with Crippen LogP contribution in [0.3, 0.4) is 0 Å². The highest BCUT2D eigenvalue weighted by Gasteiger charge is 2.16. The molecule has 1 saturated carbocycles. The normalized spacial score (nSPS) is 17.1. The van der Waals surface area contributed by atoms with E-state index < -0.39 is 0 Å². The Bertz CT molecular complexity index is 508. The topological polar surface area (TPSA) is 74.5 Å². The minimum absolute atomic E-state index is 0.307. The van der Waals surface area contributed by atoms with Gasteiger partial charge in [-0.1, -0.05) is 19.3 Å².